The van der Waals surface area contributed by atoms with Crippen LogP contribution in [0, 0.1) is 5.82 Å². The van der Waals surface area contributed by atoms with E-state index in [1.807, 2.05) is 19.1 Å². The van der Waals surface area contributed by atoms with Crippen molar-refractivity contribution in [1.82, 2.24) is 10.3 Å². The maximum absolute atomic E-state index is 14.8. The average molecular weight is 461 g/mol. The van der Waals surface area contributed by atoms with E-state index in [2.05, 4.69) is 15.6 Å². The predicted octanol–water partition coefficient (Wildman–Crippen LogP) is 2.91. The first-order chi connectivity index (χ1) is 15.1. The number of amides is 1. The molecule has 1 aliphatic rings. The summed E-state index contributed by atoms with van der Waals surface area (Å²) in [7, 11) is 0. The van der Waals surface area contributed by atoms with Gasteiger partial charge in [0, 0.05) is 29.0 Å². The Morgan fingerprint density at radius 2 is 2.12 bits per heavy atom. The highest BCUT2D eigenvalue weighted by Gasteiger charge is 2.32. The van der Waals surface area contributed by atoms with Gasteiger partial charge in [-0.3, -0.25) is 4.79 Å². The number of aliphatic hydroxyl groups excluding tert-OH is 1. The van der Waals surface area contributed by atoms with E-state index in [4.69, 9.17) is 10.8 Å². The summed E-state index contributed by atoms with van der Waals surface area (Å²) in [5.74, 6) is -0.456. The summed E-state index contributed by atoms with van der Waals surface area (Å²) >= 11 is 1.33. The van der Waals surface area contributed by atoms with Crippen LogP contribution in [-0.4, -0.2) is 33.8 Å². The molecule has 0 saturated heterocycles. The number of nitrogens with zero attached hydrogens (tertiary/aromatic N) is 1. The molecule has 2 aromatic rings. The van der Waals surface area contributed by atoms with E-state index in [1.54, 1.807) is 32.0 Å². The minimum Gasteiger partial charge on any atom is -0.395 e. The lowest BCUT2D eigenvalue weighted by molar-refractivity contribution is -0.114. The zero-order valence-corrected chi connectivity index (χ0v) is 19.2. The van der Waals surface area contributed by atoms with Crippen molar-refractivity contribution in [2.24, 2.45) is 5.73 Å². The minimum atomic E-state index is -1.15. The first-order valence-corrected chi connectivity index (χ1v) is 11.3. The van der Waals surface area contributed by atoms with E-state index in [1.165, 1.54) is 17.8 Å². The van der Waals surface area contributed by atoms with Crippen LogP contribution < -0.4 is 16.4 Å². The first-order valence-electron chi connectivity index (χ1n) is 10.4. The first kappa shape index (κ1) is 24.2. The molecule has 1 aromatic carbocycles. The molecule has 0 bridgehead atoms. The number of pyridine rings is 1. The lowest BCUT2D eigenvalue weighted by atomic mass is 9.95. The number of hydrogen-bond acceptors (Lipinski definition) is 7. The van der Waals surface area contributed by atoms with Gasteiger partial charge in [0.25, 0.3) is 0 Å². The monoisotopic (exact) mass is 460 g/mol. The Kier molecular flexibility index (Phi) is 7.55. The third kappa shape index (κ3) is 5.86. The number of nitrogens with one attached hydrogen (secondary N) is 2. The Balaban J connectivity index is 1.77. The molecule has 0 aliphatic carbocycles. The number of hydrogen-bond donors (Lipinski definition) is 5. The molecule has 0 spiro atoms. The quantitative estimate of drug-likeness (QED) is 0.390. The molecule has 1 aromatic heterocycles. The molecule has 172 valence electrons. The van der Waals surface area contributed by atoms with E-state index in [0.717, 1.165) is 5.69 Å². The molecular weight excluding hydrogens is 431 g/mol. The highest BCUT2D eigenvalue weighted by molar-refractivity contribution is 8.03. The second kappa shape index (κ2) is 9.99. The zero-order chi connectivity index (χ0) is 23.5. The highest BCUT2D eigenvalue weighted by Crippen LogP contribution is 2.48. The van der Waals surface area contributed by atoms with Crippen molar-refractivity contribution in [2.45, 2.75) is 50.6 Å². The molecule has 7 nitrogen and oxygen atoms in total. The maximum atomic E-state index is 14.8. The van der Waals surface area contributed by atoms with Gasteiger partial charge in [0.1, 0.15) is 11.6 Å². The second-order valence-corrected chi connectivity index (χ2v) is 9.59. The fraction of sp³-hybridized carbons (Fsp3) is 0.391. The molecule has 0 saturated carbocycles. The topological polar surface area (TPSA) is 120 Å². The summed E-state index contributed by atoms with van der Waals surface area (Å²) in [4.78, 5) is 16.6. The van der Waals surface area contributed by atoms with Crippen molar-refractivity contribution in [1.29, 1.82) is 0 Å². The van der Waals surface area contributed by atoms with Crippen molar-refractivity contribution in [3.63, 3.8) is 0 Å². The van der Waals surface area contributed by atoms with Crippen molar-refractivity contribution in [3.05, 3.63) is 69.6 Å². The second-order valence-electron chi connectivity index (χ2n) is 8.38. The van der Waals surface area contributed by atoms with Crippen molar-refractivity contribution in [3.8, 4) is 0 Å². The van der Waals surface area contributed by atoms with E-state index in [9.17, 15) is 14.3 Å². The van der Waals surface area contributed by atoms with Crippen molar-refractivity contribution >= 4 is 23.5 Å². The molecule has 1 amide bonds. The number of rotatable bonds is 9. The number of halogens is 1. The summed E-state index contributed by atoms with van der Waals surface area (Å²) in [5.41, 5.74) is 6.54. The summed E-state index contributed by atoms with van der Waals surface area (Å²) in [5, 5.41) is 25.8. The van der Waals surface area contributed by atoms with Gasteiger partial charge in [-0.15, -0.1) is 0 Å². The number of aliphatic hydroxyl groups is 2. The molecule has 2 atom stereocenters. The number of nitrogens with two attached hydrogens (primary N) is 1. The Morgan fingerprint density at radius 3 is 2.75 bits per heavy atom. The standard InChI is InChI=1S/C23H29FN4O3S/c1-13(12-29)26-11-15-5-4-6-20(27-15)28-22-17(21(25)30)10-19(32-22)16-8-7-14(9-18(16)24)23(2,3)31/h4-9,13,19,26,29,31H,10-12H2,1-3H3,(H2,25,30)(H,27,28)/t13-,19?/m1/s1. The molecule has 32 heavy (non-hydrogen) atoms. The van der Waals surface area contributed by atoms with E-state index in [0.29, 0.717) is 34.1 Å². The number of aromatic nitrogens is 1. The number of benzene rings is 1. The van der Waals surface area contributed by atoms with Crippen LogP contribution in [0.1, 0.15) is 49.3 Å². The van der Waals surface area contributed by atoms with Gasteiger partial charge in [0.15, 0.2) is 0 Å². The largest absolute Gasteiger partial charge is 0.395 e. The molecule has 6 N–H and O–H groups in total. The van der Waals surface area contributed by atoms with Crippen LogP contribution in [0.2, 0.25) is 0 Å². The Morgan fingerprint density at radius 1 is 1.38 bits per heavy atom. The third-order valence-electron chi connectivity index (χ3n) is 5.23. The van der Waals surface area contributed by atoms with Gasteiger partial charge in [-0.05, 0) is 51.0 Å². The van der Waals surface area contributed by atoms with Crippen LogP contribution in [0.5, 0.6) is 0 Å². The molecule has 9 heteroatoms. The third-order valence-corrected chi connectivity index (χ3v) is 6.52. The van der Waals surface area contributed by atoms with Crippen LogP contribution >= 0.6 is 11.8 Å². The lowest BCUT2D eigenvalue weighted by Gasteiger charge is -2.20. The van der Waals surface area contributed by atoms with Gasteiger partial charge in [-0.25, -0.2) is 9.37 Å². The smallest absolute Gasteiger partial charge is 0.247 e. The van der Waals surface area contributed by atoms with E-state index >= 15 is 0 Å². The molecular formula is C23H29FN4O3S. The molecule has 0 radical (unpaired) electrons. The van der Waals surface area contributed by atoms with Crippen molar-refractivity contribution in [2.75, 3.05) is 11.9 Å². The zero-order valence-electron chi connectivity index (χ0n) is 18.4. The maximum Gasteiger partial charge on any atom is 0.247 e. The molecule has 1 unspecified atom stereocenters. The van der Waals surface area contributed by atoms with Crippen LogP contribution in [0.4, 0.5) is 10.2 Å². The highest BCUT2D eigenvalue weighted by atomic mass is 32.2. The number of carbonyl (C=O) groups is 1. The van der Waals surface area contributed by atoms with Crippen LogP contribution in [0.15, 0.2) is 47.0 Å². The summed E-state index contributed by atoms with van der Waals surface area (Å²) < 4.78 is 14.8. The predicted molar refractivity (Wildman–Crippen MR) is 124 cm³/mol. The Labute approximate surface area is 191 Å². The lowest BCUT2D eigenvalue weighted by Crippen LogP contribution is -2.29. The number of carbonyl (C=O) groups excluding carboxylic acids is 1. The summed E-state index contributed by atoms with van der Waals surface area (Å²) in [6.07, 6.45) is 0.288. The van der Waals surface area contributed by atoms with Crippen LogP contribution in [0.3, 0.4) is 0 Å². The normalized spacial score (nSPS) is 17.5. The average Bonchev–Trinajstić information content (AvgIpc) is 3.15. The summed E-state index contributed by atoms with van der Waals surface area (Å²) in [6, 6.07) is 10.1. The molecule has 3 rings (SSSR count). The van der Waals surface area contributed by atoms with Crippen molar-refractivity contribution < 1.29 is 19.4 Å². The molecule has 1 aliphatic heterocycles. The SMILES string of the molecule is C[C@H](CO)NCc1cccc(NC2=C(C(N)=O)CC(c3ccc(C(C)(C)O)cc3F)S2)n1. The fourth-order valence-electron chi connectivity index (χ4n) is 3.30. The molecule has 2 heterocycles. The number of thioether (sulfide) groups is 1. The van der Waals surface area contributed by atoms with Gasteiger partial charge < -0.3 is 26.6 Å². The minimum absolute atomic E-state index is 0.0260. The Bertz CT molecular complexity index is 1020. The van der Waals surface area contributed by atoms with Gasteiger partial charge in [0.05, 0.1) is 22.9 Å². The van der Waals surface area contributed by atoms with Gasteiger partial charge >= 0.3 is 0 Å². The van der Waals surface area contributed by atoms with E-state index < -0.39 is 17.3 Å². The van der Waals surface area contributed by atoms with Gasteiger partial charge in [-0.2, -0.15) is 0 Å². The Hall–Kier alpha value is -2.46. The van der Waals surface area contributed by atoms with E-state index in [-0.39, 0.29) is 24.3 Å². The number of anilines is 1. The van der Waals surface area contributed by atoms with Crippen LogP contribution in [0.25, 0.3) is 0 Å². The number of primary amides is 1. The van der Waals surface area contributed by atoms with Crippen LogP contribution in [-0.2, 0) is 16.9 Å². The molecule has 0 fully saturated rings. The van der Waals surface area contributed by atoms with Gasteiger partial charge in [-0.1, -0.05) is 30.0 Å². The fourth-order valence-corrected chi connectivity index (χ4v) is 4.64. The van der Waals surface area contributed by atoms with Gasteiger partial charge in [0.2, 0.25) is 5.91 Å². The summed E-state index contributed by atoms with van der Waals surface area (Å²) in [6.45, 7) is 5.57.